The molecule has 104 heavy (non-hydrogen) atoms. The molecular weight excluding hydrogens is 1390 g/mol. The van der Waals surface area contributed by atoms with Crippen LogP contribution in [0.3, 0.4) is 0 Å². The van der Waals surface area contributed by atoms with Gasteiger partial charge in [0.1, 0.15) is 0 Å². The molecule has 0 amide bonds. The predicted molar refractivity (Wildman–Crippen MR) is 410 cm³/mol. The molecule has 0 aliphatic heterocycles. The second kappa shape index (κ2) is 31.8. The van der Waals surface area contributed by atoms with Crippen LogP contribution in [0.4, 0.5) is 46.0 Å². The van der Waals surface area contributed by atoms with Gasteiger partial charge in [0.05, 0.1) is 25.3 Å². The predicted octanol–water partition coefficient (Wildman–Crippen LogP) is 18.3. The summed E-state index contributed by atoms with van der Waals surface area (Å²) in [5, 5.41) is 13.9. The van der Waals surface area contributed by atoms with Crippen molar-refractivity contribution in [3.05, 3.63) is 229 Å². The van der Waals surface area contributed by atoms with Gasteiger partial charge < -0.3 is 39.5 Å². The number of halogens is 4. The number of aromatic nitrogens is 22. The quantitative estimate of drug-likeness (QED) is 0.0653. The van der Waals surface area contributed by atoms with Crippen molar-refractivity contribution < 1.29 is 0 Å². The van der Waals surface area contributed by atoms with Gasteiger partial charge in [-0.25, -0.2) is 39.9 Å². The molecule has 16 rings (SSSR count). The van der Waals surface area contributed by atoms with Crippen LogP contribution in [0.15, 0.2) is 208 Å². The van der Waals surface area contributed by atoms with Crippen molar-refractivity contribution in [2.24, 2.45) is 0 Å². The Hall–Kier alpha value is -12.1. The molecular formula is C74H66Cl4N26. The Morgan fingerprint density at radius 3 is 0.933 bits per heavy atom. The first-order valence-electron chi connectivity index (χ1n) is 32.9. The number of fused-ring (bicyclic) bond motifs is 4. The lowest BCUT2D eigenvalue weighted by Gasteiger charge is -2.10. The fourth-order valence-corrected chi connectivity index (χ4v) is 11.5. The van der Waals surface area contributed by atoms with Crippen molar-refractivity contribution in [3.8, 4) is 45.0 Å². The van der Waals surface area contributed by atoms with Crippen LogP contribution in [0.2, 0.25) is 21.1 Å². The van der Waals surface area contributed by atoms with E-state index in [4.69, 9.17) is 46.4 Å². The number of rotatable bonds is 16. The summed E-state index contributed by atoms with van der Waals surface area (Å²) in [6.45, 7) is 16.5. The molecule has 0 radical (unpaired) electrons. The molecule has 520 valence electrons. The van der Waals surface area contributed by atoms with Crippen molar-refractivity contribution in [1.82, 2.24) is 108 Å². The molecule has 4 aromatic carbocycles. The number of hydrogen-bond acceptors (Lipinski definition) is 22. The maximum absolute atomic E-state index is 6.14. The monoisotopic (exact) mass is 1460 g/mol. The third-order valence-electron chi connectivity index (χ3n) is 16.0. The van der Waals surface area contributed by atoms with Gasteiger partial charge >= 0.3 is 0 Å². The molecule has 30 heteroatoms. The first kappa shape index (κ1) is 70.3. The van der Waals surface area contributed by atoms with Crippen molar-refractivity contribution in [1.29, 1.82) is 0 Å². The number of nitrogens with zero attached hydrogens (tertiary/aromatic N) is 22. The van der Waals surface area contributed by atoms with Crippen molar-refractivity contribution in [2.75, 3.05) is 21.3 Å². The van der Waals surface area contributed by atoms with E-state index in [0.29, 0.717) is 73.9 Å². The number of nitrogens with one attached hydrogen (secondary N) is 4. The maximum atomic E-state index is 6.14. The van der Waals surface area contributed by atoms with E-state index >= 15 is 0 Å². The summed E-state index contributed by atoms with van der Waals surface area (Å²) >= 11 is 24.5. The fraction of sp³-hybridized carbons (Fsp3) is 0.162. The Labute approximate surface area is 616 Å². The zero-order valence-corrected chi connectivity index (χ0v) is 60.3. The Bertz CT molecular complexity index is 5240. The summed E-state index contributed by atoms with van der Waals surface area (Å²) in [6.07, 6.45) is 21.1. The first-order chi connectivity index (χ1) is 50.5. The van der Waals surface area contributed by atoms with Gasteiger partial charge in [0.2, 0.25) is 21.1 Å². The molecule has 4 N–H and O–H groups in total. The first-order valence-corrected chi connectivity index (χ1v) is 34.4. The van der Waals surface area contributed by atoms with E-state index in [9.17, 15) is 0 Å². The normalized spacial score (nSPS) is 11.2. The molecule has 0 fully saturated rings. The molecule has 0 spiro atoms. The minimum absolute atomic E-state index is 0.171. The molecule has 0 saturated heterocycles. The molecule has 0 aliphatic rings. The molecule has 0 aliphatic carbocycles. The van der Waals surface area contributed by atoms with Gasteiger partial charge in [-0.15, -0.1) is 0 Å². The molecule has 12 heterocycles. The van der Waals surface area contributed by atoms with Gasteiger partial charge in [0, 0.05) is 113 Å². The van der Waals surface area contributed by atoms with Gasteiger partial charge in [-0.1, -0.05) is 48.5 Å². The largest absolute Gasteiger partial charge is 0.338 e. The third-order valence-corrected chi connectivity index (χ3v) is 16.7. The molecule has 16 aromatic rings. The Balaban J connectivity index is 0.000000123. The van der Waals surface area contributed by atoms with Gasteiger partial charge in [-0.3, -0.25) is 9.97 Å². The smallest absolute Gasteiger partial charge is 0.226 e. The summed E-state index contributed by atoms with van der Waals surface area (Å²) in [5.41, 5.74) is 15.2. The lowest BCUT2D eigenvalue weighted by atomic mass is 10.1. The minimum atomic E-state index is 0.171. The van der Waals surface area contributed by atoms with Gasteiger partial charge in [0.15, 0.2) is 79.6 Å². The van der Waals surface area contributed by atoms with E-state index in [1.54, 1.807) is 74.6 Å². The number of anilines is 8. The van der Waals surface area contributed by atoms with Crippen LogP contribution in [0.5, 0.6) is 0 Å². The molecule has 0 atom stereocenters. The highest BCUT2D eigenvalue weighted by molar-refractivity contribution is 6.30. The van der Waals surface area contributed by atoms with Gasteiger partial charge in [-0.2, -0.15) is 39.9 Å². The van der Waals surface area contributed by atoms with E-state index in [0.717, 1.165) is 61.8 Å². The van der Waals surface area contributed by atoms with Crippen molar-refractivity contribution >= 4 is 137 Å². The third kappa shape index (κ3) is 16.4. The van der Waals surface area contributed by atoms with Crippen LogP contribution >= 0.6 is 46.4 Å². The average Bonchev–Trinajstić information content (AvgIpc) is 1.66. The molecule has 0 unspecified atom stereocenters. The van der Waals surface area contributed by atoms with Gasteiger partial charge in [-0.05, 0) is 203 Å². The highest BCUT2D eigenvalue weighted by Crippen LogP contribution is 2.33. The van der Waals surface area contributed by atoms with Crippen LogP contribution in [0, 0.1) is 0 Å². The van der Waals surface area contributed by atoms with E-state index in [2.05, 4.69) is 166 Å². The number of pyridine rings is 2. The number of benzene rings is 4. The Morgan fingerprint density at radius 1 is 0.279 bits per heavy atom. The van der Waals surface area contributed by atoms with E-state index < -0.39 is 0 Å². The fourth-order valence-electron chi connectivity index (χ4n) is 10.9. The van der Waals surface area contributed by atoms with Crippen LogP contribution in [-0.2, 0) is 0 Å². The SMILES string of the molecule is CC(C)n1cnc2c(Nc3ccc(-c4cccnc4)cc3)nc(Cl)nc21.CC(C)n1cnc2c(Nc3ccc(-c4ncccn4)cc3)nc(Cl)nc21.CC(C)n1cnc2c(Nc3cccc(-c4cccnc4)c3)nc(Cl)nc21.CC(C)n1cnc2c(Nc3cccc(-c4ncccn4)c3)nc(Cl)nc21. The molecule has 0 saturated carbocycles. The van der Waals surface area contributed by atoms with Crippen LogP contribution in [0.25, 0.3) is 89.7 Å². The second-order valence-corrected chi connectivity index (χ2v) is 25.8. The maximum Gasteiger partial charge on any atom is 0.226 e. The topological polar surface area (TPSA) is 300 Å². The van der Waals surface area contributed by atoms with Crippen molar-refractivity contribution in [3.63, 3.8) is 0 Å². The molecule has 26 nitrogen and oxygen atoms in total. The lowest BCUT2D eigenvalue weighted by Crippen LogP contribution is -2.02. The minimum Gasteiger partial charge on any atom is -0.338 e. The molecule has 0 bridgehead atoms. The average molecular weight is 1460 g/mol. The summed E-state index contributed by atoms with van der Waals surface area (Å²) < 4.78 is 7.87. The second-order valence-electron chi connectivity index (χ2n) is 24.5. The standard InChI is InChI=1S/2C19H17ClN6.2C18H16ClN7/c1-12(2)26-11-22-16-17(24-19(20)25-18(16)26)23-15-7-3-5-13(9-15)14-6-4-8-21-10-14;1-12(2)26-11-22-16-17(24-19(20)25-18(16)26)23-15-7-5-13(6-8-15)14-4-3-9-21-10-14;1-11(2)26-10-22-14-16(24-18(19)25-17(14)26)23-13-6-4-12(5-7-13)15-20-8-3-9-21-15;1-11(2)26-10-22-14-16(24-18(19)25-17(14)26)23-13-6-3-5-12(9-13)15-20-7-4-8-21-15/h2*3-12H,1-2H3,(H,23,24,25);2*3-11H,1-2H3,(H,23,24,25). The van der Waals surface area contributed by atoms with E-state index in [-0.39, 0.29) is 45.3 Å². The summed E-state index contributed by atoms with van der Waals surface area (Å²) in [4.78, 5) is 77.7. The van der Waals surface area contributed by atoms with Gasteiger partial charge in [0.25, 0.3) is 0 Å². The summed E-state index contributed by atoms with van der Waals surface area (Å²) in [6, 6.07) is 44.0. The molecule has 12 aromatic heterocycles. The van der Waals surface area contributed by atoms with Crippen LogP contribution in [0.1, 0.15) is 79.6 Å². The number of hydrogen-bond donors (Lipinski definition) is 4. The lowest BCUT2D eigenvalue weighted by molar-refractivity contribution is 0.612. The number of imidazole rings is 4. The van der Waals surface area contributed by atoms with E-state index in [1.165, 1.54) is 0 Å². The van der Waals surface area contributed by atoms with Crippen molar-refractivity contribution in [2.45, 2.75) is 79.6 Å². The summed E-state index contributed by atoms with van der Waals surface area (Å²) in [7, 11) is 0. The van der Waals surface area contributed by atoms with E-state index in [1.807, 2.05) is 152 Å². The summed E-state index contributed by atoms with van der Waals surface area (Å²) in [5.74, 6) is 3.65. The zero-order valence-electron chi connectivity index (χ0n) is 57.3. The Morgan fingerprint density at radius 2 is 0.587 bits per heavy atom. The highest BCUT2D eigenvalue weighted by Gasteiger charge is 2.20. The Kier molecular flexibility index (Phi) is 21.5. The van der Waals surface area contributed by atoms with Crippen LogP contribution < -0.4 is 21.3 Å². The highest BCUT2D eigenvalue weighted by atomic mass is 35.5. The van der Waals surface area contributed by atoms with Crippen LogP contribution in [-0.4, -0.2) is 108 Å². The zero-order chi connectivity index (χ0) is 72.4.